The molecule has 1 amide bonds. The average Bonchev–Trinajstić information content (AvgIpc) is 2.83. The number of non-ortho nitro benzene ring substituents is 1. The monoisotopic (exact) mass is 339 g/mol. The molecule has 1 aliphatic rings. The molecule has 1 saturated heterocycles. The van der Waals surface area contributed by atoms with Crippen molar-refractivity contribution in [3.8, 4) is 0 Å². The molecule has 1 N–H and O–H groups in total. The van der Waals surface area contributed by atoms with Crippen molar-refractivity contribution in [3.05, 3.63) is 75.5 Å². The maximum Gasteiger partial charge on any atom is 0.281 e. The van der Waals surface area contributed by atoms with Crippen molar-refractivity contribution in [2.45, 2.75) is 6.92 Å². The number of carbonyl (C=O) groups is 1. The molecular weight excluding hydrogens is 326 g/mol. The van der Waals surface area contributed by atoms with Gasteiger partial charge in [-0.2, -0.15) is 0 Å². The fraction of sp³-hybridized carbons (Fsp3) is 0.0588. The highest BCUT2D eigenvalue weighted by Gasteiger charge is 2.32. The van der Waals surface area contributed by atoms with Gasteiger partial charge < -0.3 is 5.32 Å². The van der Waals surface area contributed by atoms with Crippen LogP contribution in [-0.4, -0.2) is 15.9 Å². The van der Waals surface area contributed by atoms with Crippen LogP contribution < -0.4 is 10.2 Å². The van der Waals surface area contributed by atoms with E-state index in [2.05, 4.69) is 5.32 Å². The third kappa shape index (κ3) is 2.89. The molecule has 24 heavy (non-hydrogen) atoms. The van der Waals surface area contributed by atoms with Gasteiger partial charge in [-0.1, -0.05) is 18.2 Å². The Morgan fingerprint density at radius 1 is 1.17 bits per heavy atom. The molecule has 0 saturated carbocycles. The first-order valence-corrected chi connectivity index (χ1v) is 7.55. The molecule has 1 heterocycles. The van der Waals surface area contributed by atoms with Crippen LogP contribution in [0.15, 0.2) is 54.2 Å². The van der Waals surface area contributed by atoms with Crippen molar-refractivity contribution in [3.63, 3.8) is 0 Å². The number of para-hydroxylation sites is 1. The summed E-state index contributed by atoms with van der Waals surface area (Å²) in [6, 6.07) is 13.4. The van der Waals surface area contributed by atoms with Crippen molar-refractivity contribution in [1.82, 2.24) is 5.32 Å². The molecule has 0 radical (unpaired) electrons. The summed E-state index contributed by atoms with van der Waals surface area (Å²) in [5.74, 6) is -0.257. The van der Waals surface area contributed by atoms with Gasteiger partial charge in [-0.05, 0) is 54.5 Å². The lowest BCUT2D eigenvalue weighted by atomic mass is 10.1. The molecule has 0 aromatic heterocycles. The lowest BCUT2D eigenvalue weighted by molar-refractivity contribution is -0.384. The number of anilines is 1. The Kier molecular flexibility index (Phi) is 4.09. The zero-order valence-electron chi connectivity index (χ0n) is 12.7. The number of thiocarbonyl (C=S) groups is 1. The van der Waals surface area contributed by atoms with E-state index in [9.17, 15) is 14.9 Å². The number of nitrogens with zero attached hydrogens (tertiary/aromatic N) is 2. The van der Waals surface area contributed by atoms with E-state index >= 15 is 0 Å². The first-order chi connectivity index (χ1) is 11.5. The number of nitro groups is 1. The number of hydrogen-bond acceptors (Lipinski definition) is 4. The van der Waals surface area contributed by atoms with Crippen LogP contribution in [0.2, 0.25) is 0 Å². The molecule has 3 rings (SSSR count). The minimum atomic E-state index is -0.467. The van der Waals surface area contributed by atoms with E-state index in [1.54, 1.807) is 18.2 Å². The average molecular weight is 339 g/mol. The normalized spacial score (nSPS) is 15.7. The third-order valence-corrected chi connectivity index (χ3v) is 3.93. The van der Waals surface area contributed by atoms with E-state index in [4.69, 9.17) is 12.2 Å². The zero-order valence-corrected chi connectivity index (χ0v) is 13.5. The van der Waals surface area contributed by atoms with Gasteiger partial charge in [-0.15, -0.1) is 0 Å². The van der Waals surface area contributed by atoms with E-state index in [0.29, 0.717) is 16.4 Å². The molecule has 0 atom stereocenters. The van der Waals surface area contributed by atoms with Gasteiger partial charge in [0, 0.05) is 12.1 Å². The molecule has 7 heteroatoms. The summed E-state index contributed by atoms with van der Waals surface area (Å²) in [4.78, 5) is 24.3. The second kappa shape index (κ2) is 6.21. The molecule has 0 unspecified atom stereocenters. The van der Waals surface area contributed by atoms with Crippen molar-refractivity contribution >= 4 is 40.7 Å². The standard InChI is InChI=1S/C17H13N3O3S/c1-11-4-2-3-5-15(11)19-16(21)14(18-17(19)24)10-12-6-8-13(9-7-12)20(22)23/h2-10H,1H3,(H,18,24)/b14-10+. The molecule has 2 aromatic rings. The molecule has 1 aliphatic heterocycles. The van der Waals surface area contributed by atoms with Gasteiger partial charge >= 0.3 is 0 Å². The summed E-state index contributed by atoms with van der Waals surface area (Å²) in [6.07, 6.45) is 1.62. The van der Waals surface area contributed by atoms with Crippen LogP contribution in [-0.2, 0) is 4.79 Å². The van der Waals surface area contributed by atoms with E-state index in [-0.39, 0.29) is 11.6 Å². The Labute approximate surface area is 143 Å². The third-order valence-electron chi connectivity index (χ3n) is 3.65. The Morgan fingerprint density at radius 2 is 1.83 bits per heavy atom. The van der Waals surface area contributed by atoms with Crippen LogP contribution in [0.25, 0.3) is 6.08 Å². The van der Waals surface area contributed by atoms with Crippen LogP contribution in [0.1, 0.15) is 11.1 Å². The van der Waals surface area contributed by atoms with Gasteiger partial charge in [-0.3, -0.25) is 19.8 Å². The lowest BCUT2D eigenvalue weighted by Gasteiger charge is -2.16. The minimum absolute atomic E-state index is 0.0000784. The SMILES string of the molecule is Cc1ccccc1N1C(=O)/C(=C\c2ccc([N+](=O)[O-])cc2)NC1=S. The predicted molar refractivity (Wildman–Crippen MR) is 95.5 cm³/mol. The van der Waals surface area contributed by atoms with Crippen LogP contribution in [0.3, 0.4) is 0 Å². The lowest BCUT2D eigenvalue weighted by Crippen LogP contribution is -2.30. The van der Waals surface area contributed by atoms with E-state index in [0.717, 1.165) is 11.3 Å². The number of amides is 1. The largest absolute Gasteiger partial charge is 0.327 e. The number of carbonyl (C=O) groups excluding carboxylic acids is 1. The minimum Gasteiger partial charge on any atom is -0.327 e. The van der Waals surface area contributed by atoms with Crippen molar-refractivity contribution < 1.29 is 9.72 Å². The number of hydrogen-bond donors (Lipinski definition) is 1. The fourth-order valence-electron chi connectivity index (χ4n) is 2.43. The molecule has 120 valence electrons. The van der Waals surface area contributed by atoms with Crippen molar-refractivity contribution in [2.24, 2.45) is 0 Å². The molecule has 0 aliphatic carbocycles. The summed E-state index contributed by atoms with van der Waals surface area (Å²) in [7, 11) is 0. The number of nitrogens with one attached hydrogen (secondary N) is 1. The maximum absolute atomic E-state index is 12.6. The molecule has 1 fully saturated rings. The second-order valence-electron chi connectivity index (χ2n) is 5.26. The maximum atomic E-state index is 12.6. The Hall–Kier alpha value is -3.06. The van der Waals surface area contributed by atoms with Gasteiger partial charge in [-0.25, -0.2) is 0 Å². The quantitative estimate of drug-likeness (QED) is 0.402. The number of nitro benzene ring substituents is 1. The smallest absolute Gasteiger partial charge is 0.281 e. The predicted octanol–water partition coefficient (Wildman–Crippen LogP) is 3.17. The summed E-state index contributed by atoms with van der Waals surface area (Å²) in [5.41, 5.74) is 2.67. The van der Waals surface area contributed by atoms with Crippen molar-refractivity contribution in [1.29, 1.82) is 0 Å². The van der Waals surface area contributed by atoms with E-state index in [1.165, 1.54) is 17.0 Å². The van der Waals surface area contributed by atoms with Gasteiger partial charge in [0.1, 0.15) is 5.70 Å². The van der Waals surface area contributed by atoms with Crippen LogP contribution in [0, 0.1) is 17.0 Å². The zero-order chi connectivity index (χ0) is 17.3. The summed E-state index contributed by atoms with van der Waals surface area (Å²) >= 11 is 5.27. The number of rotatable bonds is 3. The van der Waals surface area contributed by atoms with Crippen LogP contribution in [0.4, 0.5) is 11.4 Å². The summed E-state index contributed by atoms with van der Waals surface area (Å²) in [5, 5.41) is 13.9. The topological polar surface area (TPSA) is 75.5 Å². The Morgan fingerprint density at radius 3 is 2.46 bits per heavy atom. The van der Waals surface area contributed by atoms with E-state index < -0.39 is 4.92 Å². The summed E-state index contributed by atoms with van der Waals surface area (Å²) < 4.78 is 0. The highest BCUT2D eigenvalue weighted by Crippen LogP contribution is 2.25. The number of aryl methyl sites for hydroxylation is 1. The Bertz CT molecular complexity index is 875. The van der Waals surface area contributed by atoms with Crippen LogP contribution >= 0.6 is 12.2 Å². The highest BCUT2D eigenvalue weighted by molar-refractivity contribution is 7.80. The molecule has 0 bridgehead atoms. The molecule has 0 spiro atoms. The van der Waals surface area contributed by atoms with Crippen LogP contribution in [0.5, 0.6) is 0 Å². The molecular formula is C17H13N3O3S. The molecule has 6 nitrogen and oxygen atoms in total. The fourth-order valence-corrected chi connectivity index (χ4v) is 2.72. The van der Waals surface area contributed by atoms with Gasteiger partial charge in [0.25, 0.3) is 11.6 Å². The molecule has 2 aromatic carbocycles. The van der Waals surface area contributed by atoms with Gasteiger partial charge in [0.15, 0.2) is 5.11 Å². The Balaban J connectivity index is 1.91. The van der Waals surface area contributed by atoms with Gasteiger partial charge in [0.2, 0.25) is 0 Å². The second-order valence-corrected chi connectivity index (χ2v) is 5.65. The first kappa shape index (κ1) is 15.8. The van der Waals surface area contributed by atoms with Gasteiger partial charge in [0.05, 0.1) is 10.6 Å². The number of benzene rings is 2. The van der Waals surface area contributed by atoms with Crippen molar-refractivity contribution in [2.75, 3.05) is 4.90 Å². The van der Waals surface area contributed by atoms with E-state index in [1.807, 2.05) is 31.2 Å². The first-order valence-electron chi connectivity index (χ1n) is 7.14. The highest BCUT2D eigenvalue weighted by atomic mass is 32.1. The summed E-state index contributed by atoms with van der Waals surface area (Å²) in [6.45, 7) is 1.91.